The number of nitrogens with one attached hydrogen (secondary N) is 1. The molecule has 1 aromatic heterocycles. The van der Waals surface area contributed by atoms with E-state index in [1.54, 1.807) is 24.7 Å². The zero-order chi connectivity index (χ0) is 21.5. The van der Waals surface area contributed by atoms with Gasteiger partial charge in [-0.15, -0.1) is 0 Å². The van der Waals surface area contributed by atoms with E-state index in [1.165, 1.54) is 5.57 Å². The van der Waals surface area contributed by atoms with Gasteiger partial charge in [-0.05, 0) is 35.8 Å². The van der Waals surface area contributed by atoms with Gasteiger partial charge in [0.05, 0.1) is 30.2 Å². The summed E-state index contributed by atoms with van der Waals surface area (Å²) in [5.74, 6) is -1.53. The van der Waals surface area contributed by atoms with Crippen molar-refractivity contribution >= 4 is 29.3 Å². The van der Waals surface area contributed by atoms with Crippen molar-refractivity contribution in [2.45, 2.75) is 19.4 Å². The van der Waals surface area contributed by atoms with Crippen LogP contribution in [0.1, 0.15) is 44.7 Å². The Morgan fingerprint density at radius 3 is 2.52 bits per heavy atom. The second-order valence-corrected chi connectivity index (χ2v) is 7.76. The highest BCUT2D eigenvalue weighted by Gasteiger charge is 2.43. The van der Waals surface area contributed by atoms with E-state index in [0.29, 0.717) is 6.54 Å². The molecule has 9 heteroatoms. The summed E-state index contributed by atoms with van der Waals surface area (Å²) >= 11 is 0. The molecule has 3 aliphatic rings. The number of hydrogen-bond acceptors (Lipinski definition) is 6. The summed E-state index contributed by atoms with van der Waals surface area (Å²) in [4.78, 5) is 51.4. The molecule has 0 bridgehead atoms. The number of fused-ring (bicyclic) bond motifs is 1. The molecule has 0 spiro atoms. The fourth-order valence-corrected chi connectivity index (χ4v) is 4.16. The fourth-order valence-electron chi connectivity index (χ4n) is 4.16. The van der Waals surface area contributed by atoms with Gasteiger partial charge in [0.15, 0.2) is 0 Å². The predicted octanol–water partition coefficient (Wildman–Crippen LogP) is 2.02. The summed E-state index contributed by atoms with van der Waals surface area (Å²) in [6.45, 7) is 2.28. The van der Waals surface area contributed by atoms with E-state index in [9.17, 15) is 19.2 Å². The molecule has 1 aromatic carbocycles. The Morgan fingerprint density at radius 1 is 0.968 bits per heavy atom. The maximum absolute atomic E-state index is 12.9. The van der Waals surface area contributed by atoms with E-state index >= 15 is 0 Å². The van der Waals surface area contributed by atoms with Gasteiger partial charge in [0.2, 0.25) is 5.91 Å². The summed E-state index contributed by atoms with van der Waals surface area (Å²) < 4.78 is 5.15. The van der Waals surface area contributed by atoms with E-state index in [-0.39, 0.29) is 24.1 Å². The van der Waals surface area contributed by atoms with Crippen molar-refractivity contribution in [2.75, 3.05) is 19.6 Å². The lowest BCUT2D eigenvalue weighted by Crippen LogP contribution is -2.58. The quantitative estimate of drug-likeness (QED) is 0.759. The van der Waals surface area contributed by atoms with E-state index in [0.717, 1.165) is 40.7 Å². The van der Waals surface area contributed by atoms with Crippen LogP contribution in [-0.2, 0) is 11.3 Å². The van der Waals surface area contributed by atoms with Gasteiger partial charge in [0.25, 0.3) is 11.8 Å². The molecule has 0 aliphatic carbocycles. The third kappa shape index (κ3) is 3.42. The molecule has 0 radical (unpaired) electrons. The van der Waals surface area contributed by atoms with Crippen LogP contribution in [0.4, 0.5) is 4.79 Å². The maximum Gasteiger partial charge on any atom is 0.343 e. The fraction of sp³-hybridized carbons (Fsp3) is 0.273. The molecule has 9 nitrogen and oxygen atoms in total. The molecular formula is C22H20N4O5. The van der Waals surface area contributed by atoms with Crippen LogP contribution in [0, 0.1) is 0 Å². The minimum absolute atomic E-state index is 0.0118. The van der Waals surface area contributed by atoms with Crippen LogP contribution in [0.25, 0.3) is 5.57 Å². The highest BCUT2D eigenvalue weighted by atomic mass is 16.3. The molecule has 1 fully saturated rings. The lowest BCUT2D eigenvalue weighted by molar-refractivity contribution is -0.122. The van der Waals surface area contributed by atoms with Gasteiger partial charge in [-0.25, -0.2) is 9.80 Å². The van der Waals surface area contributed by atoms with E-state index < -0.39 is 23.8 Å². The summed E-state index contributed by atoms with van der Waals surface area (Å²) in [6.07, 6.45) is 6.52. The first-order chi connectivity index (χ1) is 15.0. The number of amides is 5. The minimum Gasteiger partial charge on any atom is -0.472 e. The number of carbonyl (C=O) groups excluding carboxylic acids is 4. The van der Waals surface area contributed by atoms with Crippen LogP contribution >= 0.6 is 0 Å². The number of hydrazine groups is 1. The number of nitrogens with zero attached hydrogens (tertiary/aromatic N) is 3. The molecule has 0 saturated carbocycles. The average Bonchev–Trinajstić information content (AvgIpc) is 3.37. The Labute approximate surface area is 177 Å². The van der Waals surface area contributed by atoms with Crippen molar-refractivity contribution in [1.29, 1.82) is 0 Å². The molecule has 5 rings (SSSR count). The van der Waals surface area contributed by atoms with Crippen molar-refractivity contribution in [3.05, 3.63) is 65.1 Å². The van der Waals surface area contributed by atoms with Crippen LogP contribution in [0.15, 0.2) is 47.3 Å². The van der Waals surface area contributed by atoms with Crippen LogP contribution in [0.5, 0.6) is 0 Å². The highest BCUT2D eigenvalue weighted by molar-refractivity contribution is 6.22. The summed E-state index contributed by atoms with van der Waals surface area (Å²) in [7, 11) is 0. The maximum atomic E-state index is 12.9. The lowest BCUT2D eigenvalue weighted by Gasteiger charge is -2.32. The molecule has 1 saturated heterocycles. The van der Waals surface area contributed by atoms with Crippen molar-refractivity contribution in [1.82, 2.24) is 20.2 Å². The number of urea groups is 1. The zero-order valence-electron chi connectivity index (χ0n) is 16.7. The SMILES string of the molecule is O=C1CCN(N2C(=O)c3ccc(CN4CC=C(c5ccoc5)CC4)cc3C2=O)C(=O)N1. The zero-order valence-corrected chi connectivity index (χ0v) is 16.7. The molecule has 31 heavy (non-hydrogen) atoms. The Kier molecular flexibility index (Phi) is 4.67. The monoisotopic (exact) mass is 420 g/mol. The van der Waals surface area contributed by atoms with Gasteiger partial charge in [-0.1, -0.05) is 12.1 Å². The second kappa shape index (κ2) is 7.51. The Bertz CT molecular complexity index is 1120. The number of carbonyl (C=O) groups is 4. The highest BCUT2D eigenvalue weighted by Crippen LogP contribution is 2.28. The van der Waals surface area contributed by atoms with Gasteiger partial charge in [-0.2, -0.15) is 5.01 Å². The van der Waals surface area contributed by atoms with Gasteiger partial charge in [-0.3, -0.25) is 24.6 Å². The first kappa shape index (κ1) is 19.3. The van der Waals surface area contributed by atoms with Crippen molar-refractivity contribution in [2.24, 2.45) is 0 Å². The Balaban J connectivity index is 1.31. The third-order valence-electron chi connectivity index (χ3n) is 5.79. The minimum atomic E-state index is -0.764. The van der Waals surface area contributed by atoms with E-state index in [4.69, 9.17) is 4.42 Å². The van der Waals surface area contributed by atoms with Crippen LogP contribution < -0.4 is 5.32 Å². The number of benzene rings is 1. The Morgan fingerprint density at radius 2 is 1.81 bits per heavy atom. The summed E-state index contributed by atoms with van der Waals surface area (Å²) in [5, 5.41) is 3.97. The van der Waals surface area contributed by atoms with Gasteiger partial charge >= 0.3 is 6.03 Å². The first-order valence-corrected chi connectivity index (χ1v) is 10.1. The molecule has 2 aromatic rings. The molecule has 0 atom stereocenters. The number of furan rings is 1. The lowest BCUT2D eigenvalue weighted by atomic mass is 10.0. The molecule has 5 amide bonds. The number of imide groups is 2. The molecular weight excluding hydrogens is 400 g/mol. The largest absolute Gasteiger partial charge is 0.472 e. The molecule has 158 valence electrons. The molecule has 3 aliphatic heterocycles. The third-order valence-corrected chi connectivity index (χ3v) is 5.79. The van der Waals surface area contributed by atoms with E-state index in [1.807, 2.05) is 12.1 Å². The number of rotatable bonds is 4. The topological polar surface area (TPSA) is 103 Å². The normalized spacial score (nSPS) is 19.5. The molecule has 4 heterocycles. The Hall–Kier alpha value is -3.72. The van der Waals surface area contributed by atoms with Crippen molar-refractivity contribution in [3.63, 3.8) is 0 Å². The smallest absolute Gasteiger partial charge is 0.343 e. The van der Waals surface area contributed by atoms with Gasteiger partial charge in [0.1, 0.15) is 0 Å². The van der Waals surface area contributed by atoms with Gasteiger partial charge in [0, 0.05) is 31.6 Å². The van der Waals surface area contributed by atoms with Crippen molar-refractivity contribution in [3.8, 4) is 0 Å². The predicted molar refractivity (Wildman–Crippen MR) is 108 cm³/mol. The van der Waals surface area contributed by atoms with Gasteiger partial charge < -0.3 is 4.42 Å². The summed E-state index contributed by atoms with van der Waals surface area (Å²) in [5.41, 5.74) is 3.82. The standard InChI is InChI=1S/C22H20N4O5/c27-19-5-9-25(22(30)23-19)26-20(28)17-2-1-14(11-18(17)21(26)29)12-24-7-3-15(4-8-24)16-6-10-31-13-16/h1-3,6,10-11,13H,4-5,7-9,12H2,(H,23,27,30). The van der Waals surface area contributed by atoms with Crippen LogP contribution in [0.2, 0.25) is 0 Å². The first-order valence-electron chi connectivity index (χ1n) is 10.1. The second-order valence-electron chi connectivity index (χ2n) is 7.76. The molecule has 0 unspecified atom stereocenters. The van der Waals surface area contributed by atoms with Crippen LogP contribution in [0.3, 0.4) is 0 Å². The van der Waals surface area contributed by atoms with Crippen molar-refractivity contribution < 1.29 is 23.6 Å². The van der Waals surface area contributed by atoms with Crippen LogP contribution in [-0.4, -0.2) is 58.3 Å². The average molecular weight is 420 g/mol. The summed E-state index contributed by atoms with van der Waals surface area (Å²) in [6, 6.07) is 6.38. The number of hydrogen-bond donors (Lipinski definition) is 1. The molecule has 1 N–H and O–H groups in total. The van der Waals surface area contributed by atoms with E-state index in [2.05, 4.69) is 16.3 Å².